The number of anilines is 1. The summed E-state index contributed by atoms with van der Waals surface area (Å²) in [5, 5.41) is 0.0465. The van der Waals surface area contributed by atoms with E-state index in [0.29, 0.717) is 11.2 Å². The highest BCUT2D eigenvalue weighted by Crippen LogP contribution is 2.40. The number of fused-ring (bicyclic) bond motifs is 1. The zero-order chi connectivity index (χ0) is 30.8. The fourth-order valence-electron chi connectivity index (χ4n) is 4.34. The molecule has 43 heavy (non-hydrogen) atoms. The predicted octanol–water partition coefficient (Wildman–Crippen LogP) is 4.37. The van der Waals surface area contributed by atoms with Crippen LogP contribution < -0.4 is 5.73 Å². The van der Waals surface area contributed by atoms with Gasteiger partial charge >= 0.3 is 5.97 Å². The van der Waals surface area contributed by atoms with Crippen LogP contribution in [0.3, 0.4) is 0 Å². The van der Waals surface area contributed by atoms with Crippen molar-refractivity contribution in [2.75, 3.05) is 12.3 Å². The Morgan fingerprint density at radius 2 is 1.88 bits per heavy atom. The van der Waals surface area contributed by atoms with Crippen molar-refractivity contribution in [3.63, 3.8) is 0 Å². The molecule has 0 amide bonds. The number of ether oxygens (including phenoxy) is 3. The van der Waals surface area contributed by atoms with Crippen molar-refractivity contribution in [3.05, 3.63) is 73.3 Å². The second-order valence-electron chi connectivity index (χ2n) is 11.7. The maximum Gasteiger partial charge on any atom is 0.331 e. The lowest BCUT2D eigenvalue weighted by Crippen LogP contribution is -2.46. The standard InChI is InChI=1S/C29H35N7O5SSi/c1-29(2,3)43(4,5)38-15-20-23(40-21(37)12-11-19-9-7-6-8-10-19)24(41-28(42)35-14-13-31-17-35)27(39-20)36-18-34-22-25(30)32-16-33-26(22)36/h6-14,16-18,20,23-24,27H,15H2,1-5H3,(H2,30,32,33)/b12-11+/t20-,23-,24-,27-/m1/s1. The summed E-state index contributed by atoms with van der Waals surface area (Å²) in [6.07, 6.45) is 7.33. The van der Waals surface area contributed by atoms with E-state index in [0.717, 1.165) is 5.56 Å². The van der Waals surface area contributed by atoms with Crippen LogP contribution in [0.2, 0.25) is 18.1 Å². The molecule has 1 aliphatic rings. The molecule has 1 aliphatic heterocycles. The number of hydrogen-bond donors (Lipinski definition) is 1. The summed E-state index contributed by atoms with van der Waals surface area (Å²) >= 11 is 5.60. The lowest BCUT2D eigenvalue weighted by molar-refractivity contribution is -0.149. The summed E-state index contributed by atoms with van der Waals surface area (Å²) < 4.78 is 28.8. The molecule has 0 unspecified atom stereocenters. The topological polar surface area (TPSA) is 141 Å². The SMILES string of the molecule is CC(C)(C)[Si](C)(C)OC[C@H]1O[C@@H](n2cnc3c(N)ncnc32)[C@H](OC(=S)n2ccnc2)[C@@H]1OC(=O)/C=C/c1ccccc1. The van der Waals surface area contributed by atoms with Crippen LogP contribution in [-0.4, -0.2) is 73.5 Å². The van der Waals surface area contributed by atoms with Gasteiger partial charge in [-0.2, -0.15) is 0 Å². The van der Waals surface area contributed by atoms with Crippen molar-refractivity contribution < 1.29 is 23.4 Å². The van der Waals surface area contributed by atoms with Gasteiger partial charge in [0.05, 0.1) is 12.9 Å². The third-order valence-corrected chi connectivity index (χ3v) is 12.6. The molecule has 4 aromatic rings. The summed E-state index contributed by atoms with van der Waals surface area (Å²) in [4.78, 5) is 30.1. The first-order valence-corrected chi connectivity index (χ1v) is 17.1. The number of benzene rings is 1. The van der Waals surface area contributed by atoms with Crippen LogP contribution in [0.15, 0.2) is 67.8 Å². The van der Waals surface area contributed by atoms with Crippen LogP contribution >= 0.6 is 12.2 Å². The minimum Gasteiger partial charge on any atom is -0.458 e. The first-order valence-electron chi connectivity index (χ1n) is 13.8. The molecular formula is C29H35N7O5SSi. The first-order chi connectivity index (χ1) is 20.4. The summed E-state index contributed by atoms with van der Waals surface area (Å²) in [6.45, 7) is 10.9. The molecule has 4 heterocycles. The monoisotopic (exact) mass is 621 g/mol. The van der Waals surface area contributed by atoms with Gasteiger partial charge in [0.15, 0.2) is 38.2 Å². The molecule has 2 N–H and O–H groups in total. The van der Waals surface area contributed by atoms with E-state index in [1.807, 2.05) is 30.3 Å². The second kappa shape index (κ2) is 12.3. The van der Waals surface area contributed by atoms with Crippen LogP contribution in [0.4, 0.5) is 5.82 Å². The van der Waals surface area contributed by atoms with E-state index in [1.54, 1.807) is 33.9 Å². The number of rotatable bonds is 8. The van der Waals surface area contributed by atoms with Gasteiger partial charge in [-0.1, -0.05) is 51.1 Å². The van der Waals surface area contributed by atoms with E-state index in [9.17, 15) is 4.79 Å². The summed E-state index contributed by atoms with van der Waals surface area (Å²) in [5.41, 5.74) is 7.75. The van der Waals surface area contributed by atoms with Crippen molar-refractivity contribution in [1.82, 2.24) is 29.1 Å². The molecule has 12 nitrogen and oxygen atoms in total. The molecule has 14 heteroatoms. The highest BCUT2D eigenvalue weighted by atomic mass is 32.1. The number of hydrogen-bond acceptors (Lipinski definition) is 11. The number of esters is 1. The average molecular weight is 622 g/mol. The van der Waals surface area contributed by atoms with E-state index in [1.165, 1.54) is 18.7 Å². The predicted molar refractivity (Wildman–Crippen MR) is 167 cm³/mol. The maximum atomic E-state index is 13.2. The Balaban J connectivity index is 1.51. The van der Waals surface area contributed by atoms with Crippen molar-refractivity contribution in [3.8, 4) is 0 Å². The number of carbonyl (C=O) groups is 1. The zero-order valence-corrected chi connectivity index (χ0v) is 26.5. The lowest BCUT2D eigenvalue weighted by Gasteiger charge is -2.37. The van der Waals surface area contributed by atoms with Gasteiger partial charge in [-0.25, -0.2) is 24.7 Å². The average Bonchev–Trinajstić information content (AvgIpc) is 3.72. The number of nitrogens with zero attached hydrogens (tertiary/aromatic N) is 6. The van der Waals surface area contributed by atoms with Gasteiger partial charge in [0, 0.05) is 18.5 Å². The van der Waals surface area contributed by atoms with Crippen LogP contribution in [0.1, 0.15) is 32.6 Å². The van der Waals surface area contributed by atoms with Gasteiger partial charge in [0.1, 0.15) is 24.3 Å². The zero-order valence-electron chi connectivity index (χ0n) is 24.7. The van der Waals surface area contributed by atoms with Crippen molar-refractivity contribution >= 4 is 54.7 Å². The Bertz CT molecular complexity index is 1600. The molecule has 0 aliphatic carbocycles. The molecule has 1 saturated heterocycles. The van der Waals surface area contributed by atoms with Gasteiger partial charge in [0.25, 0.3) is 5.17 Å². The normalized spacial score (nSPS) is 21.0. The van der Waals surface area contributed by atoms with Crippen LogP contribution in [0.5, 0.6) is 0 Å². The van der Waals surface area contributed by atoms with E-state index >= 15 is 0 Å². The van der Waals surface area contributed by atoms with Crippen molar-refractivity contribution in [1.29, 1.82) is 0 Å². The molecule has 0 spiro atoms. The lowest BCUT2D eigenvalue weighted by atomic mass is 10.1. The number of aromatic nitrogens is 6. The number of nitrogens with two attached hydrogens (primary N) is 1. The second-order valence-corrected chi connectivity index (χ2v) is 16.8. The van der Waals surface area contributed by atoms with E-state index in [4.69, 9.17) is 36.6 Å². The highest BCUT2D eigenvalue weighted by Gasteiger charge is 2.52. The van der Waals surface area contributed by atoms with Crippen molar-refractivity contribution in [2.45, 2.75) is 63.4 Å². The van der Waals surface area contributed by atoms with Gasteiger partial charge in [0.2, 0.25) is 0 Å². The Morgan fingerprint density at radius 1 is 1.12 bits per heavy atom. The summed E-state index contributed by atoms with van der Waals surface area (Å²) in [7, 11) is -2.21. The quantitative estimate of drug-likeness (QED) is 0.130. The third-order valence-electron chi connectivity index (χ3n) is 7.78. The van der Waals surface area contributed by atoms with Crippen LogP contribution in [0, 0.1) is 0 Å². The fraction of sp³-hybridized carbons (Fsp3) is 0.379. The minimum absolute atomic E-state index is 0.0521. The number of thiocarbonyl (C=S) groups is 1. The van der Waals surface area contributed by atoms with E-state index < -0.39 is 38.8 Å². The number of nitrogen functional groups attached to an aromatic ring is 1. The van der Waals surface area contributed by atoms with Gasteiger partial charge in [-0.05, 0) is 42.0 Å². The van der Waals surface area contributed by atoms with Crippen LogP contribution in [-0.2, 0) is 23.4 Å². The number of imidazole rings is 2. The molecular weight excluding hydrogens is 587 g/mol. The Labute approximate surface area is 256 Å². The maximum absolute atomic E-state index is 13.2. The molecule has 0 saturated carbocycles. The Hall–Kier alpha value is -3.98. The smallest absolute Gasteiger partial charge is 0.331 e. The molecule has 226 valence electrons. The van der Waals surface area contributed by atoms with E-state index in [2.05, 4.69) is 53.8 Å². The van der Waals surface area contributed by atoms with Crippen LogP contribution in [0.25, 0.3) is 17.2 Å². The number of carbonyl (C=O) groups excluding carboxylic acids is 1. The molecule has 4 atom stereocenters. The molecule has 0 radical (unpaired) electrons. The largest absolute Gasteiger partial charge is 0.458 e. The van der Waals surface area contributed by atoms with Gasteiger partial charge < -0.3 is 24.4 Å². The molecule has 1 aromatic carbocycles. The van der Waals surface area contributed by atoms with Crippen molar-refractivity contribution in [2.24, 2.45) is 0 Å². The third kappa shape index (κ3) is 6.67. The molecule has 5 rings (SSSR count). The summed E-state index contributed by atoms with van der Waals surface area (Å²) in [6, 6.07) is 9.47. The fourth-order valence-corrected chi connectivity index (χ4v) is 5.58. The molecule has 0 bridgehead atoms. The Kier molecular flexibility index (Phi) is 8.73. The minimum atomic E-state index is -2.21. The Morgan fingerprint density at radius 3 is 2.58 bits per heavy atom. The summed E-state index contributed by atoms with van der Waals surface area (Å²) in [5.74, 6) is -0.348. The molecule has 1 fully saturated rings. The van der Waals surface area contributed by atoms with Gasteiger partial charge in [-0.15, -0.1) is 0 Å². The first kappa shape index (κ1) is 30.5. The van der Waals surface area contributed by atoms with Gasteiger partial charge in [-0.3, -0.25) is 9.13 Å². The van der Waals surface area contributed by atoms with E-state index in [-0.39, 0.29) is 22.6 Å². The molecule has 3 aromatic heterocycles. The highest BCUT2D eigenvalue weighted by molar-refractivity contribution is 7.80.